The van der Waals surface area contributed by atoms with Gasteiger partial charge in [-0.2, -0.15) is 0 Å². The Bertz CT molecular complexity index is 3110. The number of esters is 3. The fourth-order valence-electron chi connectivity index (χ4n) is 8.27. The monoisotopic (exact) mass is 1160 g/mol. The number of benzene rings is 4. The lowest BCUT2D eigenvalue weighted by Gasteiger charge is -2.29. The van der Waals surface area contributed by atoms with Crippen LogP contribution in [0.2, 0.25) is 0 Å². The molecule has 83 heavy (non-hydrogen) atoms. The summed E-state index contributed by atoms with van der Waals surface area (Å²) in [5, 5.41) is 3.36. The number of fused-ring (bicyclic) bond motifs is 1. The van der Waals surface area contributed by atoms with Crippen molar-refractivity contribution in [1.82, 2.24) is 9.80 Å². The first-order valence-corrected chi connectivity index (χ1v) is 25.9. The second-order valence-corrected chi connectivity index (χ2v) is 18.1. The largest absolute Gasteiger partial charge is 0.493 e. The third kappa shape index (κ3) is 18.0. The summed E-state index contributed by atoms with van der Waals surface area (Å²) in [6, 6.07) is 14.4. The van der Waals surface area contributed by atoms with Crippen LogP contribution < -0.4 is 53.6 Å². The van der Waals surface area contributed by atoms with E-state index in [1.165, 1.54) is 106 Å². The van der Waals surface area contributed by atoms with E-state index >= 15 is 0 Å². The second-order valence-electron chi connectivity index (χ2n) is 18.1. The summed E-state index contributed by atoms with van der Waals surface area (Å²) in [7, 11) is 16.7. The molecule has 5 rings (SSSR count). The summed E-state index contributed by atoms with van der Waals surface area (Å²) in [6.07, 6.45) is 6.06. The van der Waals surface area contributed by atoms with Crippen LogP contribution in [-0.4, -0.2) is 163 Å². The topological polar surface area (TPSA) is 246 Å². The standard InChI is InChI=1S/C60H73N3O20/c1-36-44-19-18-42(61-60(68)63(5)38(3)79-24-26-81-54(65)21-16-40-29-49(71-8)57(76-13)50(30-40)72-9)33-46(44)83-59(67)45(36)34-43(82-55(66)22-17-41-31-51(73-10)58(77-14)52(32-41)74-11)35-62(4)37(2)78-23-25-80-53(64)20-15-39-27-47(69-6)56(75-12)48(28-39)70-7/h15-22,27-33,37-38,43H,23-26,34-35H2,1-14H3,(H,61,68). The summed E-state index contributed by atoms with van der Waals surface area (Å²) in [6.45, 7) is 5.10. The van der Waals surface area contributed by atoms with E-state index in [2.05, 4.69) is 5.32 Å². The Morgan fingerprint density at radius 1 is 0.554 bits per heavy atom. The van der Waals surface area contributed by atoms with Crippen LogP contribution in [0.5, 0.6) is 51.7 Å². The summed E-state index contributed by atoms with van der Waals surface area (Å²) in [5.74, 6) is 1.72. The van der Waals surface area contributed by atoms with E-state index in [4.69, 9.17) is 70.7 Å². The summed E-state index contributed by atoms with van der Waals surface area (Å²) >= 11 is 0. The first-order valence-electron chi connectivity index (χ1n) is 25.9. The number of aryl methyl sites for hydroxylation is 1. The molecule has 3 atom stereocenters. The van der Waals surface area contributed by atoms with Gasteiger partial charge in [0.1, 0.15) is 37.4 Å². The zero-order valence-corrected chi connectivity index (χ0v) is 49.2. The molecule has 448 valence electrons. The molecule has 23 heteroatoms. The Morgan fingerprint density at radius 3 is 1.37 bits per heavy atom. The maximum absolute atomic E-state index is 13.9. The Morgan fingerprint density at radius 2 is 0.964 bits per heavy atom. The number of nitrogens with one attached hydrogen (secondary N) is 1. The highest BCUT2D eigenvalue weighted by molar-refractivity contribution is 5.93. The number of hydrogen-bond acceptors (Lipinski definition) is 21. The number of ether oxygens (including phenoxy) is 14. The van der Waals surface area contributed by atoms with Crippen LogP contribution in [0.3, 0.4) is 0 Å². The van der Waals surface area contributed by atoms with E-state index < -0.39 is 48.1 Å². The molecule has 1 N–H and O–H groups in total. The lowest BCUT2D eigenvalue weighted by atomic mass is 10.0. The molecule has 0 spiro atoms. The molecule has 1 heterocycles. The van der Waals surface area contributed by atoms with Crippen molar-refractivity contribution in [3.8, 4) is 51.7 Å². The molecule has 0 aliphatic carbocycles. The summed E-state index contributed by atoms with van der Waals surface area (Å²) in [5.41, 5.74) is 2.43. The maximum atomic E-state index is 13.9. The van der Waals surface area contributed by atoms with E-state index in [1.807, 2.05) is 0 Å². The quantitative estimate of drug-likeness (QED) is 0.0110. The van der Waals surface area contributed by atoms with Gasteiger partial charge in [-0.15, -0.1) is 0 Å². The van der Waals surface area contributed by atoms with Gasteiger partial charge in [-0.3, -0.25) is 4.90 Å². The average Bonchev–Trinajstić information content (AvgIpc) is 3.62. The molecule has 3 unspecified atom stereocenters. The van der Waals surface area contributed by atoms with Gasteiger partial charge < -0.3 is 80.9 Å². The number of anilines is 1. The molecule has 0 aliphatic rings. The number of hydrogen-bond donors (Lipinski definition) is 1. The molecule has 0 aliphatic heterocycles. The number of amides is 2. The van der Waals surface area contributed by atoms with Gasteiger partial charge in [0.15, 0.2) is 34.5 Å². The van der Waals surface area contributed by atoms with Crippen molar-refractivity contribution in [1.29, 1.82) is 0 Å². The smallest absolute Gasteiger partial charge is 0.339 e. The molecule has 0 fully saturated rings. The zero-order chi connectivity index (χ0) is 60.8. The van der Waals surface area contributed by atoms with Crippen molar-refractivity contribution in [3.63, 3.8) is 0 Å². The SMILES string of the molecule is COc1cc(C=CC(=O)OCCOC(C)N(C)CC(Cc2c(C)c3ccc(NC(=O)N(C)C(C)OCCOC(=O)C=Cc4cc(OC)c(OC)c(OC)c4)cc3oc2=O)OC(=O)C=Cc2cc(OC)c(OC)c(OC)c2)cc(OC)c1OC. The Kier molecular flexibility index (Phi) is 24.9. The number of carbonyl (C=O) groups is 4. The first-order chi connectivity index (χ1) is 39.8. The van der Waals surface area contributed by atoms with Gasteiger partial charge in [0.05, 0.1) is 77.2 Å². The molecule has 5 aromatic rings. The van der Waals surface area contributed by atoms with Crippen LogP contribution in [0.1, 0.15) is 41.7 Å². The van der Waals surface area contributed by atoms with Crippen molar-refractivity contribution in [2.45, 2.75) is 45.8 Å². The van der Waals surface area contributed by atoms with Crippen LogP contribution in [0.15, 0.2) is 82.0 Å². The lowest BCUT2D eigenvalue weighted by Crippen LogP contribution is -2.41. The van der Waals surface area contributed by atoms with Crippen molar-refractivity contribution in [2.24, 2.45) is 0 Å². The van der Waals surface area contributed by atoms with Gasteiger partial charge in [-0.1, -0.05) is 0 Å². The Hall–Kier alpha value is -8.93. The highest BCUT2D eigenvalue weighted by Gasteiger charge is 2.25. The van der Waals surface area contributed by atoms with Gasteiger partial charge >= 0.3 is 29.6 Å². The fraction of sp³-hybridized carbons (Fsp3) is 0.383. The fourth-order valence-corrected chi connectivity index (χ4v) is 8.27. The lowest BCUT2D eigenvalue weighted by molar-refractivity contribution is -0.146. The van der Waals surface area contributed by atoms with Crippen molar-refractivity contribution in [3.05, 3.63) is 111 Å². The van der Waals surface area contributed by atoms with Crippen LogP contribution >= 0.6 is 0 Å². The third-order valence-corrected chi connectivity index (χ3v) is 12.9. The predicted octanol–water partition coefficient (Wildman–Crippen LogP) is 7.98. The van der Waals surface area contributed by atoms with E-state index in [0.717, 1.165) is 0 Å². The summed E-state index contributed by atoms with van der Waals surface area (Å²) in [4.78, 5) is 69.0. The van der Waals surface area contributed by atoms with Crippen LogP contribution in [0, 0.1) is 6.92 Å². The Labute approximate surface area is 482 Å². The maximum Gasteiger partial charge on any atom is 0.339 e. The van der Waals surface area contributed by atoms with Gasteiger partial charge in [-0.25, -0.2) is 24.0 Å². The zero-order valence-electron chi connectivity index (χ0n) is 49.2. The first kappa shape index (κ1) is 64.9. The molecule has 0 radical (unpaired) electrons. The molecule has 2 amide bonds. The number of methoxy groups -OCH3 is 9. The van der Waals surface area contributed by atoms with Gasteiger partial charge in [-0.05, 0) is 117 Å². The Balaban J connectivity index is 1.23. The predicted molar refractivity (Wildman–Crippen MR) is 308 cm³/mol. The van der Waals surface area contributed by atoms with E-state index in [-0.39, 0.29) is 50.5 Å². The van der Waals surface area contributed by atoms with E-state index in [0.29, 0.717) is 85.1 Å². The van der Waals surface area contributed by atoms with Gasteiger partial charge in [0.2, 0.25) is 17.2 Å². The minimum absolute atomic E-state index is 0.0147. The van der Waals surface area contributed by atoms with Crippen molar-refractivity contribution >= 4 is 58.8 Å². The number of nitrogens with zero attached hydrogens (tertiary/aromatic N) is 2. The molecule has 0 bridgehead atoms. The van der Waals surface area contributed by atoms with Gasteiger partial charge in [0.25, 0.3) is 0 Å². The van der Waals surface area contributed by atoms with Crippen LogP contribution in [0.25, 0.3) is 29.2 Å². The number of rotatable bonds is 31. The summed E-state index contributed by atoms with van der Waals surface area (Å²) < 4.78 is 82.9. The van der Waals surface area contributed by atoms with Crippen molar-refractivity contribution in [2.75, 3.05) is 116 Å². The molecular weight excluding hydrogens is 1080 g/mol. The van der Waals surface area contributed by atoms with E-state index in [1.54, 1.807) is 93.4 Å². The second kappa shape index (κ2) is 31.9. The molecule has 1 aromatic heterocycles. The number of carbonyl (C=O) groups excluding carboxylic acids is 4. The number of urea groups is 1. The minimum atomic E-state index is -0.928. The highest BCUT2D eigenvalue weighted by atomic mass is 16.6. The highest BCUT2D eigenvalue weighted by Crippen LogP contribution is 2.41. The van der Waals surface area contributed by atoms with Crippen LogP contribution in [-0.2, 0) is 44.5 Å². The normalized spacial score (nSPS) is 12.4. The molecule has 0 saturated heterocycles. The third-order valence-electron chi connectivity index (χ3n) is 12.9. The molecular formula is C60H73N3O20. The number of likely N-dealkylation sites (N-methyl/N-ethyl adjacent to an activating group) is 1. The molecule has 0 saturated carbocycles. The average molecular weight is 1160 g/mol. The van der Waals surface area contributed by atoms with E-state index in [9.17, 15) is 24.0 Å². The molecule has 4 aromatic carbocycles. The van der Waals surface area contributed by atoms with Crippen LogP contribution in [0.4, 0.5) is 10.5 Å². The molecule has 23 nitrogen and oxygen atoms in total. The van der Waals surface area contributed by atoms with Gasteiger partial charge in [0, 0.05) is 60.9 Å². The minimum Gasteiger partial charge on any atom is -0.493 e. The van der Waals surface area contributed by atoms with Crippen molar-refractivity contribution < 1.29 is 89.9 Å².